The molecule has 0 aromatic carbocycles. The zero-order valence-corrected chi connectivity index (χ0v) is 10.6. The molecule has 94 valence electrons. The van der Waals surface area contributed by atoms with Crippen LogP contribution in [-0.4, -0.2) is 31.7 Å². The van der Waals surface area contributed by atoms with Gasteiger partial charge in [-0.1, -0.05) is 20.8 Å². The smallest absolute Gasteiger partial charge is 0.237 e. The summed E-state index contributed by atoms with van der Waals surface area (Å²) in [5, 5.41) is 2.94. The fraction of sp³-hybridized carbons (Fsp3) is 0.917. The molecule has 0 radical (unpaired) electrons. The molecule has 0 unspecified atom stereocenters. The average Bonchev–Trinajstić information content (AvgIpc) is 2.25. The van der Waals surface area contributed by atoms with Crippen molar-refractivity contribution in [3.05, 3.63) is 0 Å². The van der Waals surface area contributed by atoms with Crippen LogP contribution in [0.1, 0.15) is 33.6 Å². The number of nitrogens with one attached hydrogen (secondary N) is 1. The second-order valence-electron chi connectivity index (χ2n) is 5.64. The Kier molecular flexibility index (Phi) is 4.74. The van der Waals surface area contributed by atoms with E-state index in [4.69, 9.17) is 10.5 Å². The summed E-state index contributed by atoms with van der Waals surface area (Å²) in [5.74, 6) is 0.504. The summed E-state index contributed by atoms with van der Waals surface area (Å²) in [6.45, 7) is 8.28. The molecule has 4 heteroatoms. The Labute approximate surface area is 97.9 Å². The average molecular weight is 228 g/mol. The third-order valence-electron chi connectivity index (χ3n) is 3.12. The second kappa shape index (κ2) is 5.64. The third-order valence-corrected chi connectivity index (χ3v) is 3.12. The van der Waals surface area contributed by atoms with Gasteiger partial charge in [0.15, 0.2) is 0 Å². The highest BCUT2D eigenvalue weighted by Gasteiger charge is 2.27. The maximum Gasteiger partial charge on any atom is 0.237 e. The van der Waals surface area contributed by atoms with Gasteiger partial charge < -0.3 is 15.8 Å². The molecule has 0 saturated carbocycles. The van der Waals surface area contributed by atoms with E-state index < -0.39 is 6.04 Å². The van der Waals surface area contributed by atoms with Crippen molar-refractivity contribution in [3.8, 4) is 0 Å². The summed E-state index contributed by atoms with van der Waals surface area (Å²) in [5.41, 5.74) is 5.69. The predicted molar refractivity (Wildman–Crippen MR) is 64.0 cm³/mol. The number of ether oxygens (including phenoxy) is 1. The van der Waals surface area contributed by atoms with Gasteiger partial charge in [-0.25, -0.2) is 0 Å². The van der Waals surface area contributed by atoms with Crippen LogP contribution < -0.4 is 11.1 Å². The molecular weight excluding hydrogens is 204 g/mol. The van der Waals surface area contributed by atoms with E-state index in [1.165, 1.54) is 0 Å². The van der Waals surface area contributed by atoms with Crippen LogP contribution in [0.3, 0.4) is 0 Å². The zero-order valence-electron chi connectivity index (χ0n) is 10.6. The van der Waals surface area contributed by atoms with Crippen LogP contribution in [0.5, 0.6) is 0 Å². The SMILES string of the molecule is CC(C)(C)[C@H](N)C(=O)NCC1CCOCC1. The van der Waals surface area contributed by atoms with Gasteiger partial charge in [-0.15, -0.1) is 0 Å². The van der Waals surface area contributed by atoms with Crippen LogP contribution in [0, 0.1) is 11.3 Å². The molecule has 1 atom stereocenters. The van der Waals surface area contributed by atoms with Gasteiger partial charge >= 0.3 is 0 Å². The van der Waals surface area contributed by atoms with Gasteiger partial charge in [-0.3, -0.25) is 4.79 Å². The van der Waals surface area contributed by atoms with Crippen molar-refractivity contribution in [2.45, 2.75) is 39.7 Å². The zero-order chi connectivity index (χ0) is 12.2. The van der Waals surface area contributed by atoms with E-state index in [9.17, 15) is 4.79 Å². The van der Waals surface area contributed by atoms with Gasteiger partial charge in [0.2, 0.25) is 5.91 Å². The first-order valence-corrected chi connectivity index (χ1v) is 6.02. The summed E-state index contributed by atoms with van der Waals surface area (Å²) in [6, 6.07) is -0.438. The lowest BCUT2D eigenvalue weighted by Gasteiger charge is -2.27. The number of carbonyl (C=O) groups is 1. The fourth-order valence-corrected chi connectivity index (χ4v) is 1.70. The highest BCUT2D eigenvalue weighted by Crippen LogP contribution is 2.18. The summed E-state index contributed by atoms with van der Waals surface area (Å²) < 4.78 is 5.27. The summed E-state index contributed by atoms with van der Waals surface area (Å²) in [7, 11) is 0. The van der Waals surface area contributed by atoms with Crippen molar-refractivity contribution in [3.63, 3.8) is 0 Å². The first-order valence-electron chi connectivity index (χ1n) is 6.02. The van der Waals surface area contributed by atoms with E-state index >= 15 is 0 Å². The lowest BCUT2D eigenvalue weighted by atomic mass is 9.87. The van der Waals surface area contributed by atoms with Gasteiger partial charge in [0, 0.05) is 19.8 Å². The molecule has 16 heavy (non-hydrogen) atoms. The van der Waals surface area contributed by atoms with Crippen LogP contribution in [0.25, 0.3) is 0 Å². The van der Waals surface area contributed by atoms with Gasteiger partial charge in [-0.2, -0.15) is 0 Å². The summed E-state index contributed by atoms with van der Waals surface area (Å²) in [6.07, 6.45) is 2.07. The number of amides is 1. The van der Waals surface area contributed by atoms with Gasteiger partial charge in [0.05, 0.1) is 6.04 Å². The molecule has 1 saturated heterocycles. The number of hydrogen-bond donors (Lipinski definition) is 2. The first-order chi connectivity index (χ1) is 7.41. The minimum absolute atomic E-state index is 0.0426. The molecule has 0 aromatic heterocycles. The maximum atomic E-state index is 11.8. The Bertz CT molecular complexity index is 230. The fourth-order valence-electron chi connectivity index (χ4n) is 1.70. The Morgan fingerprint density at radius 1 is 1.44 bits per heavy atom. The number of nitrogens with two attached hydrogens (primary N) is 1. The lowest BCUT2D eigenvalue weighted by molar-refractivity contribution is -0.124. The Balaban J connectivity index is 2.29. The minimum atomic E-state index is -0.438. The van der Waals surface area contributed by atoms with Crippen molar-refractivity contribution in [1.82, 2.24) is 5.32 Å². The number of carbonyl (C=O) groups excluding carboxylic acids is 1. The molecule has 0 bridgehead atoms. The monoisotopic (exact) mass is 228 g/mol. The Morgan fingerprint density at radius 2 is 2.00 bits per heavy atom. The standard InChI is InChI=1S/C12H24N2O2/c1-12(2,3)10(13)11(15)14-8-9-4-6-16-7-5-9/h9-10H,4-8,13H2,1-3H3,(H,14,15)/t10-/m1/s1. The molecule has 1 fully saturated rings. The predicted octanol–water partition coefficient (Wildman–Crippen LogP) is 0.903. The minimum Gasteiger partial charge on any atom is -0.381 e. The third kappa shape index (κ3) is 4.10. The molecule has 0 aromatic rings. The molecule has 4 nitrogen and oxygen atoms in total. The Morgan fingerprint density at radius 3 is 2.50 bits per heavy atom. The van der Waals surface area contributed by atoms with Crippen molar-refractivity contribution in [2.24, 2.45) is 17.1 Å². The largest absolute Gasteiger partial charge is 0.381 e. The first kappa shape index (κ1) is 13.5. The highest BCUT2D eigenvalue weighted by molar-refractivity contribution is 5.82. The topological polar surface area (TPSA) is 64.4 Å². The van der Waals surface area contributed by atoms with Crippen molar-refractivity contribution in [2.75, 3.05) is 19.8 Å². The number of hydrogen-bond acceptors (Lipinski definition) is 3. The van der Waals surface area contributed by atoms with Crippen LogP contribution >= 0.6 is 0 Å². The molecule has 1 heterocycles. The molecule has 1 aliphatic heterocycles. The van der Waals surface area contributed by atoms with E-state index in [1.54, 1.807) is 0 Å². The highest BCUT2D eigenvalue weighted by atomic mass is 16.5. The number of rotatable bonds is 3. The Hall–Kier alpha value is -0.610. The normalized spacial score (nSPS) is 20.5. The maximum absolute atomic E-state index is 11.8. The van der Waals surface area contributed by atoms with E-state index in [0.29, 0.717) is 5.92 Å². The van der Waals surface area contributed by atoms with Crippen LogP contribution in [0.4, 0.5) is 0 Å². The van der Waals surface area contributed by atoms with Crippen molar-refractivity contribution >= 4 is 5.91 Å². The summed E-state index contributed by atoms with van der Waals surface area (Å²) in [4.78, 5) is 11.8. The van der Waals surface area contributed by atoms with Gasteiger partial charge in [0.1, 0.15) is 0 Å². The van der Waals surface area contributed by atoms with E-state index in [1.807, 2.05) is 20.8 Å². The lowest BCUT2D eigenvalue weighted by Crippen LogP contribution is -2.49. The molecule has 1 amide bonds. The molecule has 1 aliphatic rings. The van der Waals surface area contributed by atoms with Gasteiger partial charge in [0.25, 0.3) is 0 Å². The van der Waals surface area contributed by atoms with E-state index in [-0.39, 0.29) is 11.3 Å². The van der Waals surface area contributed by atoms with E-state index in [2.05, 4.69) is 5.32 Å². The van der Waals surface area contributed by atoms with Crippen molar-refractivity contribution < 1.29 is 9.53 Å². The second-order valence-corrected chi connectivity index (χ2v) is 5.64. The van der Waals surface area contributed by atoms with Crippen LogP contribution in [0.2, 0.25) is 0 Å². The molecule has 1 rings (SSSR count). The van der Waals surface area contributed by atoms with Crippen LogP contribution in [-0.2, 0) is 9.53 Å². The van der Waals surface area contributed by atoms with Gasteiger partial charge in [-0.05, 0) is 24.2 Å². The van der Waals surface area contributed by atoms with Crippen LogP contribution in [0.15, 0.2) is 0 Å². The quantitative estimate of drug-likeness (QED) is 0.754. The van der Waals surface area contributed by atoms with E-state index in [0.717, 1.165) is 32.6 Å². The van der Waals surface area contributed by atoms with Crippen molar-refractivity contribution in [1.29, 1.82) is 0 Å². The molecule has 3 N–H and O–H groups in total. The molecule has 0 aliphatic carbocycles. The molecular formula is C12H24N2O2. The molecule has 0 spiro atoms. The summed E-state index contributed by atoms with van der Waals surface area (Å²) >= 11 is 0.